The van der Waals surface area contributed by atoms with Crippen molar-refractivity contribution in [3.05, 3.63) is 29.8 Å². The van der Waals surface area contributed by atoms with Crippen molar-refractivity contribution in [2.45, 2.75) is 19.4 Å². The summed E-state index contributed by atoms with van der Waals surface area (Å²) in [6.07, 6.45) is 0.991. The Labute approximate surface area is 132 Å². The molecule has 1 aliphatic heterocycles. The van der Waals surface area contributed by atoms with Crippen LogP contribution in [0.2, 0.25) is 0 Å². The molecule has 120 valence electrons. The molecule has 22 heavy (non-hydrogen) atoms. The number of rotatable bonds is 7. The SMILES string of the molecule is CCC(CO)N1CCN(CCOc2ccccc2C#N)CC1. The van der Waals surface area contributed by atoms with Crippen LogP contribution in [-0.2, 0) is 0 Å². The molecule has 1 fully saturated rings. The smallest absolute Gasteiger partial charge is 0.137 e. The Kier molecular flexibility index (Phi) is 6.66. The lowest BCUT2D eigenvalue weighted by atomic mass is 10.1. The molecule has 2 rings (SSSR count). The summed E-state index contributed by atoms with van der Waals surface area (Å²) in [4.78, 5) is 4.73. The minimum absolute atomic E-state index is 0.241. The van der Waals surface area contributed by atoms with Crippen molar-refractivity contribution >= 4 is 0 Å². The number of nitriles is 1. The van der Waals surface area contributed by atoms with Crippen molar-refractivity contribution in [2.24, 2.45) is 0 Å². The Balaban J connectivity index is 1.72. The molecule has 5 heteroatoms. The number of benzene rings is 1. The summed E-state index contributed by atoms with van der Waals surface area (Å²) in [5, 5.41) is 18.4. The minimum atomic E-state index is 0.241. The van der Waals surface area contributed by atoms with Crippen LogP contribution in [0.5, 0.6) is 5.75 Å². The van der Waals surface area contributed by atoms with Gasteiger partial charge in [-0.05, 0) is 18.6 Å². The van der Waals surface area contributed by atoms with E-state index in [1.54, 1.807) is 6.07 Å². The van der Waals surface area contributed by atoms with Crippen LogP contribution in [-0.4, -0.2) is 66.9 Å². The first-order valence-corrected chi connectivity index (χ1v) is 7.97. The third-order valence-electron chi connectivity index (χ3n) is 4.28. The number of nitrogens with zero attached hydrogens (tertiary/aromatic N) is 3. The number of aliphatic hydroxyl groups is 1. The average Bonchev–Trinajstić information content (AvgIpc) is 2.58. The van der Waals surface area contributed by atoms with Gasteiger partial charge in [0.05, 0.1) is 12.2 Å². The summed E-state index contributed by atoms with van der Waals surface area (Å²) < 4.78 is 5.73. The quantitative estimate of drug-likeness (QED) is 0.823. The van der Waals surface area contributed by atoms with Crippen LogP contribution in [0.15, 0.2) is 24.3 Å². The third-order valence-corrected chi connectivity index (χ3v) is 4.28. The van der Waals surface area contributed by atoms with Gasteiger partial charge in [0.2, 0.25) is 0 Å². The monoisotopic (exact) mass is 303 g/mol. The van der Waals surface area contributed by atoms with Crippen molar-refractivity contribution in [2.75, 3.05) is 45.9 Å². The zero-order chi connectivity index (χ0) is 15.8. The van der Waals surface area contributed by atoms with Crippen LogP contribution >= 0.6 is 0 Å². The molecule has 0 saturated carbocycles. The van der Waals surface area contributed by atoms with E-state index in [1.807, 2.05) is 18.2 Å². The Morgan fingerprint density at radius 1 is 1.27 bits per heavy atom. The van der Waals surface area contributed by atoms with E-state index in [0.717, 1.165) is 39.1 Å². The van der Waals surface area contributed by atoms with E-state index in [0.29, 0.717) is 24.0 Å². The van der Waals surface area contributed by atoms with Crippen LogP contribution in [0.1, 0.15) is 18.9 Å². The minimum Gasteiger partial charge on any atom is -0.491 e. The maximum Gasteiger partial charge on any atom is 0.137 e. The molecule has 1 heterocycles. The maximum absolute atomic E-state index is 9.36. The Bertz CT molecular complexity index is 489. The Morgan fingerprint density at radius 3 is 2.64 bits per heavy atom. The number of hydrogen-bond acceptors (Lipinski definition) is 5. The highest BCUT2D eigenvalue weighted by atomic mass is 16.5. The summed E-state index contributed by atoms with van der Waals surface area (Å²) in [5.74, 6) is 0.662. The van der Waals surface area contributed by atoms with Gasteiger partial charge in [-0.25, -0.2) is 0 Å². The lowest BCUT2D eigenvalue weighted by molar-refractivity contribution is 0.0584. The first-order valence-electron chi connectivity index (χ1n) is 7.97. The zero-order valence-corrected chi connectivity index (χ0v) is 13.2. The predicted molar refractivity (Wildman–Crippen MR) is 85.8 cm³/mol. The van der Waals surface area contributed by atoms with Gasteiger partial charge in [-0.15, -0.1) is 0 Å². The van der Waals surface area contributed by atoms with E-state index in [9.17, 15) is 5.11 Å². The van der Waals surface area contributed by atoms with E-state index >= 15 is 0 Å². The molecule has 0 aromatic heterocycles. The van der Waals surface area contributed by atoms with Gasteiger partial charge in [0.15, 0.2) is 0 Å². The summed E-state index contributed by atoms with van der Waals surface area (Å²) >= 11 is 0. The molecule has 5 nitrogen and oxygen atoms in total. The van der Waals surface area contributed by atoms with Crippen molar-refractivity contribution in [1.82, 2.24) is 9.80 Å². The molecule has 0 bridgehead atoms. The first-order chi connectivity index (χ1) is 10.8. The molecule has 1 aromatic rings. The lowest BCUT2D eigenvalue weighted by Gasteiger charge is -2.38. The van der Waals surface area contributed by atoms with Gasteiger partial charge >= 0.3 is 0 Å². The van der Waals surface area contributed by atoms with Crippen LogP contribution in [0.4, 0.5) is 0 Å². The van der Waals surface area contributed by atoms with Crippen LogP contribution < -0.4 is 4.74 Å². The van der Waals surface area contributed by atoms with Gasteiger partial charge in [-0.3, -0.25) is 9.80 Å². The summed E-state index contributed by atoms with van der Waals surface area (Å²) in [7, 11) is 0. The molecule has 1 N–H and O–H groups in total. The molecule has 1 saturated heterocycles. The molecule has 1 aromatic carbocycles. The molecule has 1 atom stereocenters. The predicted octanol–water partition coefficient (Wildman–Crippen LogP) is 1.33. The molecule has 0 radical (unpaired) electrons. The number of hydrogen-bond donors (Lipinski definition) is 1. The van der Waals surface area contributed by atoms with Crippen molar-refractivity contribution in [3.8, 4) is 11.8 Å². The lowest BCUT2D eigenvalue weighted by Crippen LogP contribution is -2.51. The van der Waals surface area contributed by atoms with E-state index in [4.69, 9.17) is 10.00 Å². The number of ether oxygens (including phenoxy) is 1. The molecule has 0 spiro atoms. The second-order valence-corrected chi connectivity index (χ2v) is 5.58. The maximum atomic E-state index is 9.36. The van der Waals surface area contributed by atoms with Crippen molar-refractivity contribution in [1.29, 1.82) is 5.26 Å². The van der Waals surface area contributed by atoms with Gasteiger partial charge in [0.1, 0.15) is 18.4 Å². The van der Waals surface area contributed by atoms with Crippen LogP contribution in [0, 0.1) is 11.3 Å². The van der Waals surface area contributed by atoms with E-state index < -0.39 is 0 Å². The fourth-order valence-electron chi connectivity index (χ4n) is 2.82. The molecule has 0 aliphatic carbocycles. The standard InChI is InChI=1S/C17H25N3O2/c1-2-16(14-21)20-9-7-19(8-10-20)11-12-22-17-6-4-3-5-15(17)13-18/h3-6,16,21H,2,7-12,14H2,1H3. The largest absolute Gasteiger partial charge is 0.491 e. The summed E-state index contributed by atoms with van der Waals surface area (Å²) in [5.41, 5.74) is 0.584. The van der Waals surface area contributed by atoms with Crippen LogP contribution in [0.3, 0.4) is 0 Å². The highest BCUT2D eigenvalue weighted by Crippen LogP contribution is 2.16. The van der Waals surface area contributed by atoms with E-state index in [-0.39, 0.29) is 6.61 Å². The normalized spacial score (nSPS) is 17.9. The topological polar surface area (TPSA) is 59.7 Å². The Hall–Kier alpha value is -1.61. The fourth-order valence-corrected chi connectivity index (χ4v) is 2.82. The van der Waals surface area contributed by atoms with Crippen molar-refractivity contribution in [3.63, 3.8) is 0 Å². The Morgan fingerprint density at radius 2 is 2.00 bits per heavy atom. The van der Waals surface area contributed by atoms with Gasteiger partial charge in [-0.2, -0.15) is 5.26 Å². The van der Waals surface area contributed by atoms with Gasteiger partial charge < -0.3 is 9.84 Å². The van der Waals surface area contributed by atoms with Crippen molar-refractivity contribution < 1.29 is 9.84 Å². The number of piperazine rings is 1. The van der Waals surface area contributed by atoms with Gasteiger partial charge in [0, 0.05) is 38.8 Å². The highest BCUT2D eigenvalue weighted by Gasteiger charge is 2.21. The fraction of sp³-hybridized carbons (Fsp3) is 0.588. The van der Waals surface area contributed by atoms with Crippen LogP contribution in [0.25, 0.3) is 0 Å². The average molecular weight is 303 g/mol. The van der Waals surface area contributed by atoms with E-state index in [1.165, 1.54) is 0 Å². The molecule has 1 unspecified atom stereocenters. The highest BCUT2D eigenvalue weighted by molar-refractivity contribution is 5.42. The second-order valence-electron chi connectivity index (χ2n) is 5.58. The summed E-state index contributed by atoms with van der Waals surface area (Å²) in [6.45, 7) is 7.80. The molecule has 1 aliphatic rings. The van der Waals surface area contributed by atoms with Gasteiger partial charge in [0.25, 0.3) is 0 Å². The van der Waals surface area contributed by atoms with E-state index in [2.05, 4.69) is 22.8 Å². The molecular weight excluding hydrogens is 278 g/mol. The summed E-state index contributed by atoms with van der Waals surface area (Å²) in [6, 6.07) is 9.77. The number of para-hydroxylation sites is 1. The molecule has 0 amide bonds. The first kappa shape index (κ1) is 16.8. The zero-order valence-electron chi connectivity index (χ0n) is 13.2. The second kappa shape index (κ2) is 8.74. The molecular formula is C17H25N3O2. The third kappa shape index (κ3) is 4.44. The number of aliphatic hydroxyl groups excluding tert-OH is 1. The van der Waals surface area contributed by atoms with Gasteiger partial charge in [-0.1, -0.05) is 19.1 Å².